The average Bonchev–Trinajstić information content (AvgIpc) is 3.30. The third-order valence-electron chi connectivity index (χ3n) is 6.91. The molecule has 4 heterocycles. The zero-order valence-electron chi connectivity index (χ0n) is 18.5. The quantitative estimate of drug-likeness (QED) is 0.334. The van der Waals surface area contributed by atoms with Crippen LogP contribution in [-0.4, -0.2) is 75.6 Å². The highest BCUT2D eigenvalue weighted by molar-refractivity contribution is 7.71. The Morgan fingerprint density at radius 3 is 2.53 bits per heavy atom. The van der Waals surface area contributed by atoms with E-state index in [9.17, 15) is 24.3 Å². The number of barbiturate groups is 1. The normalized spacial score (nSPS) is 21.5. The first-order valence-electron chi connectivity index (χ1n) is 10.7. The molecular weight excluding hydrogens is 460 g/mol. The molecule has 3 aliphatic heterocycles. The van der Waals surface area contributed by atoms with Crippen molar-refractivity contribution in [3.8, 4) is 5.88 Å². The first-order valence-corrected chi connectivity index (χ1v) is 11.2. The Morgan fingerprint density at radius 1 is 1.15 bits per heavy atom. The van der Waals surface area contributed by atoms with E-state index in [2.05, 4.69) is 19.9 Å². The number of rotatable bonds is 2. The second kappa shape index (κ2) is 7.62. The van der Waals surface area contributed by atoms with E-state index >= 15 is 0 Å². The minimum absolute atomic E-state index is 0.00544. The second-order valence-corrected chi connectivity index (χ2v) is 9.16. The number of nitrogens with one attached hydrogen (secondary N) is 2. The number of amides is 4. The number of urea groups is 1. The SMILES string of the molecule is CN1C(=O)N(C)C(=O)C2(Cc3cc(N=Cc4c(O)[nH]c(=S)[nH]c4=O)ccc3N3CCCC32)C1=O. The van der Waals surface area contributed by atoms with Gasteiger partial charge in [0.15, 0.2) is 10.2 Å². The van der Waals surface area contributed by atoms with Gasteiger partial charge in [-0.2, -0.15) is 0 Å². The molecule has 12 heteroatoms. The highest BCUT2D eigenvalue weighted by Gasteiger charge is 2.63. The molecule has 2 fully saturated rings. The number of anilines is 1. The van der Waals surface area contributed by atoms with E-state index in [1.54, 1.807) is 12.1 Å². The van der Waals surface area contributed by atoms with Crippen LogP contribution >= 0.6 is 12.2 Å². The van der Waals surface area contributed by atoms with Gasteiger partial charge in [-0.3, -0.25) is 34.2 Å². The van der Waals surface area contributed by atoms with Crippen LogP contribution in [0.15, 0.2) is 28.0 Å². The number of H-pyrrole nitrogens is 2. The number of aromatic amines is 2. The fourth-order valence-electron chi connectivity index (χ4n) is 5.33. The number of aliphatic imine (C=N–C) groups is 1. The summed E-state index contributed by atoms with van der Waals surface area (Å²) >= 11 is 4.83. The van der Waals surface area contributed by atoms with E-state index in [0.29, 0.717) is 18.7 Å². The predicted octanol–water partition coefficient (Wildman–Crippen LogP) is 1.45. The number of aromatic nitrogens is 2. The molecule has 5 rings (SSSR count). The summed E-state index contributed by atoms with van der Waals surface area (Å²) in [4.78, 5) is 64.6. The number of fused-ring (bicyclic) bond motifs is 4. The molecule has 1 aromatic heterocycles. The molecule has 2 aromatic rings. The molecule has 0 bridgehead atoms. The fraction of sp³-hybridized carbons (Fsp3) is 0.364. The summed E-state index contributed by atoms with van der Waals surface area (Å²) in [6.07, 6.45) is 2.85. The van der Waals surface area contributed by atoms with Crippen LogP contribution in [0.1, 0.15) is 24.0 Å². The van der Waals surface area contributed by atoms with E-state index < -0.39 is 34.7 Å². The molecule has 3 N–H and O–H groups in total. The van der Waals surface area contributed by atoms with Crippen molar-refractivity contribution in [1.82, 2.24) is 19.8 Å². The summed E-state index contributed by atoms with van der Waals surface area (Å²) in [5, 5.41) is 9.99. The smallest absolute Gasteiger partial charge is 0.332 e. The summed E-state index contributed by atoms with van der Waals surface area (Å²) in [6.45, 7) is 0.691. The summed E-state index contributed by atoms with van der Waals surface area (Å²) in [7, 11) is 2.81. The summed E-state index contributed by atoms with van der Waals surface area (Å²) < 4.78 is -0.00544. The lowest BCUT2D eigenvalue weighted by atomic mass is 9.68. The minimum atomic E-state index is -1.40. The molecule has 0 radical (unpaired) electrons. The molecule has 34 heavy (non-hydrogen) atoms. The Bertz CT molecular complexity index is 1370. The Kier molecular flexibility index (Phi) is 4.93. The van der Waals surface area contributed by atoms with E-state index in [0.717, 1.165) is 27.5 Å². The largest absolute Gasteiger partial charge is 0.494 e. The zero-order valence-corrected chi connectivity index (χ0v) is 19.3. The lowest BCUT2D eigenvalue weighted by Gasteiger charge is -2.50. The van der Waals surface area contributed by atoms with Crippen molar-refractivity contribution in [3.63, 3.8) is 0 Å². The van der Waals surface area contributed by atoms with Crippen LogP contribution in [0.3, 0.4) is 0 Å². The van der Waals surface area contributed by atoms with E-state index in [1.807, 2.05) is 6.07 Å². The third-order valence-corrected chi connectivity index (χ3v) is 7.12. The number of hydrogen-bond acceptors (Lipinski definition) is 8. The van der Waals surface area contributed by atoms with Crippen molar-refractivity contribution in [2.24, 2.45) is 10.4 Å². The summed E-state index contributed by atoms with van der Waals surface area (Å²) in [5.74, 6) is -1.38. The van der Waals surface area contributed by atoms with Crippen LogP contribution in [0.2, 0.25) is 0 Å². The number of hydrogen-bond donors (Lipinski definition) is 3. The Morgan fingerprint density at radius 2 is 1.85 bits per heavy atom. The average molecular weight is 483 g/mol. The molecule has 1 aromatic carbocycles. The van der Waals surface area contributed by atoms with Gasteiger partial charge in [0.2, 0.25) is 17.7 Å². The first-order chi connectivity index (χ1) is 16.1. The van der Waals surface area contributed by atoms with Gasteiger partial charge in [-0.05, 0) is 55.2 Å². The van der Waals surface area contributed by atoms with Crippen LogP contribution in [0.25, 0.3) is 0 Å². The Hall–Kier alpha value is -3.80. The fourth-order valence-corrected chi connectivity index (χ4v) is 5.52. The van der Waals surface area contributed by atoms with Gasteiger partial charge in [0.25, 0.3) is 5.56 Å². The summed E-state index contributed by atoms with van der Waals surface area (Å²) in [6, 6.07) is 4.43. The number of benzene rings is 1. The lowest BCUT2D eigenvalue weighted by Crippen LogP contribution is -2.70. The molecule has 1 unspecified atom stereocenters. The molecular formula is C22H22N6O5S. The van der Waals surface area contributed by atoms with E-state index in [-0.39, 0.29) is 22.8 Å². The molecule has 2 saturated heterocycles. The predicted molar refractivity (Wildman–Crippen MR) is 125 cm³/mol. The number of carbonyl (C=O) groups is 3. The monoisotopic (exact) mass is 482 g/mol. The number of imide groups is 2. The van der Waals surface area contributed by atoms with Crippen molar-refractivity contribution < 1.29 is 19.5 Å². The van der Waals surface area contributed by atoms with E-state index in [4.69, 9.17) is 12.2 Å². The molecule has 1 spiro atoms. The minimum Gasteiger partial charge on any atom is -0.494 e. The van der Waals surface area contributed by atoms with Crippen molar-refractivity contribution >= 4 is 47.7 Å². The molecule has 3 aliphatic rings. The highest BCUT2D eigenvalue weighted by Crippen LogP contribution is 2.49. The topological polar surface area (TPSA) is 142 Å². The lowest BCUT2D eigenvalue weighted by molar-refractivity contribution is -0.159. The maximum absolute atomic E-state index is 13.4. The number of aromatic hydroxyl groups is 1. The van der Waals surface area contributed by atoms with Crippen LogP contribution in [0.5, 0.6) is 5.88 Å². The number of nitrogens with zero attached hydrogens (tertiary/aromatic N) is 4. The summed E-state index contributed by atoms with van der Waals surface area (Å²) in [5.41, 5.74) is 0.0714. The van der Waals surface area contributed by atoms with Gasteiger partial charge in [0, 0.05) is 32.5 Å². The van der Waals surface area contributed by atoms with Crippen LogP contribution < -0.4 is 10.5 Å². The molecule has 4 amide bonds. The first kappa shape index (κ1) is 22.0. The van der Waals surface area contributed by atoms with Gasteiger partial charge in [-0.25, -0.2) is 4.79 Å². The Balaban J connectivity index is 1.58. The van der Waals surface area contributed by atoms with Gasteiger partial charge in [-0.15, -0.1) is 0 Å². The molecule has 11 nitrogen and oxygen atoms in total. The maximum atomic E-state index is 13.4. The van der Waals surface area contributed by atoms with Crippen molar-refractivity contribution in [2.75, 3.05) is 25.5 Å². The molecule has 176 valence electrons. The van der Waals surface area contributed by atoms with Gasteiger partial charge in [0.05, 0.1) is 11.7 Å². The number of carbonyl (C=O) groups excluding carboxylic acids is 3. The third kappa shape index (κ3) is 3.01. The van der Waals surface area contributed by atoms with Crippen LogP contribution in [-0.2, 0) is 16.0 Å². The standard InChI is InChI=1S/C22H22N6O5S/c1-26-18(31)22(19(32)27(2)21(26)33)9-11-8-12(5-6-14(11)28-7-3-4-15(22)28)23-10-13-16(29)24-20(34)25-17(13)30/h5-6,8,10,15H,3-4,7,9H2,1-2H3,(H3,24,25,29,30,34). The van der Waals surface area contributed by atoms with Crippen molar-refractivity contribution in [2.45, 2.75) is 25.3 Å². The van der Waals surface area contributed by atoms with Gasteiger partial charge in [0.1, 0.15) is 5.56 Å². The van der Waals surface area contributed by atoms with Crippen LogP contribution in [0.4, 0.5) is 16.2 Å². The van der Waals surface area contributed by atoms with E-state index in [1.165, 1.54) is 20.3 Å². The molecule has 1 atom stereocenters. The van der Waals surface area contributed by atoms with Gasteiger partial charge < -0.3 is 15.0 Å². The van der Waals surface area contributed by atoms with Crippen LogP contribution in [0, 0.1) is 10.2 Å². The van der Waals surface area contributed by atoms with Crippen molar-refractivity contribution in [1.29, 1.82) is 0 Å². The Labute approximate surface area is 198 Å². The molecule has 0 saturated carbocycles. The maximum Gasteiger partial charge on any atom is 0.332 e. The van der Waals surface area contributed by atoms with Crippen molar-refractivity contribution in [3.05, 3.63) is 44.5 Å². The zero-order chi connectivity index (χ0) is 24.4. The second-order valence-electron chi connectivity index (χ2n) is 8.75. The molecule has 0 aliphatic carbocycles. The van der Waals surface area contributed by atoms with Gasteiger partial charge >= 0.3 is 6.03 Å². The highest BCUT2D eigenvalue weighted by atomic mass is 32.1. The van der Waals surface area contributed by atoms with Gasteiger partial charge in [-0.1, -0.05) is 0 Å².